The van der Waals surface area contributed by atoms with Gasteiger partial charge in [-0.15, -0.1) is 0 Å². The molecular weight excluding hydrogens is 270 g/mol. The van der Waals surface area contributed by atoms with Crippen molar-refractivity contribution in [3.8, 4) is 0 Å². The van der Waals surface area contributed by atoms with Crippen molar-refractivity contribution in [2.45, 2.75) is 6.10 Å². The molecule has 2 heterocycles. The molecule has 3 N–H and O–H groups in total. The monoisotopic (exact) mass is 287 g/mol. The highest BCUT2D eigenvalue weighted by Crippen LogP contribution is 2.17. The number of aromatic amines is 1. The zero-order valence-electron chi connectivity index (χ0n) is 11.5. The normalized spacial score (nSPS) is 18.9. The van der Waals surface area contributed by atoms with E-state index in [0.717, 1.165) is 5.39 Å². The molecule has 0 radical (unpaired) electrons. The number of aromatic nitrogens is 1. The van der Waals surface area contributed by atoms with Crippen LogP contribution in [-0.2, 0) is 4.74 Å². The van der Waals surface area contributed by atoms with Gasteiger partial charge in [-0.05, 0) is 6.07 Å². The molecule has 6 heteroatoms. The summed E-state index contributed by atoms with van der Waals surface area (Å²) in [6.45, 7) is 1.81. The maximum Gasteiger partial charge on any atom is 0.254 e. The van der Waals surface area contributed by atoms with Crippen LogP contribution in [-0.4, -0.2) is 48.1 Å². The summed E-state index contributed by atoms with van der Waals surface area (Å²) >= 11 is 0. The van der Waals surface area contributed by atoms with Crippen molar-refractivity contribution >= 4 is 16.8 Å². The van der Waals surface area contributed by atoms with E-state index >= 15 is 0 Å². The van der Waals surface area contributed by atoms with E-state index in [1.165, 1.54) is 6.07 Å². The van der Waals surface area contributed by atoms with Crippen LogP contribution < -0.4 is 11.3 Å². The number of fused-ring (bicyclic) bond motifs is 1. The molecule has 6 nitrogen and oxygen atoms in total. The van der Waals surface area contributed by atoms with Crippen molar-refractivity contribution in [1.82, 2.24) is 9.88 Å². The Bertz CT molecular complexity index is 725. The Labute approximate surface area is 121 Å². The van der Waals surface area contributed by atoms with E-state index < -0.39 is 0 Å². The van der Waals surface area contributed by atoms with Gasteiger partial charge < -0.3 is 20.4 Å². The number of H-pyrrole nitrogens is 1. The lowest BCUT2D eigenvalue weighted by Crippen LogP contribution is -2.48. The van der Waals surface area contributed by atoms with Crippen molar-refractivity contribution in [2.75, 3.05) is 26.2 Å². The molecule has 0 bridgehead atoms. The molecule has 1 atom stereocenters. The van der Waals surface area contributed by atoms with Crippen LogP contribution >= 0.6 is 0 Å². The quantitative estimate of drug-likeness (QED) is 0.833. The van der Waals surface area contributed by atoms with Crippen molar-refractivity contribution in [3.63, 3.8) is 0 Å². The largest absolute Gasteiger partial charge is 0.373 e. The zero-order chi connectivity index (χ0) is 14.8. The Hall–Kier alpha value is -2.18. The Balaban J connectivity index is 1.99. The van der Waals surface area contributed by atoms with Crippen LogP contribution in [0.2, 0.25) is 0 Å². The van der Waals surface area contributed by atoms with Gasteiger partial charge in [0.25, 0.3) is 5.91 Å². The van der Waals surface area contributed by atoms with E-state index in [1.54, 1.807) is 11.0 Å². The second-order valence-electron chi connectivity index (χ2n) is 5.07. The number of hydrogen-bond donors (Lipinski definition) is 2. The second-order valence-corrected chi connectivity index (χ2v) is 5.07. The summed E-state index contributed by atoms with van der Waals surface area (Å²) in [5, 5.41) is 0.748. The predicted octanol–water partition coefficient (Wildman–Crippen LogP) is 0.328. The van der Waals surface area contributed by atoms with Gasteiger partial charge in [0.1, 0.15) is 0 Å². The Morgan fingerprint density at radius 1 is 1.43 bits per heavy atom. The van der Waals surface area contributed by atoms with Crippen molar-refractivity contribution in [1.29, 1.82) is 0 Å². The van der Waals surface area contributed by atoms with Gasteiger partial charge in [0.15, 0.2) is 0 Å². The number of ether oxygens (including phenoxy) is 1. The van der Waals surface area contributed by atoms with Crippen LogP contribution in [0.5, 0.6) is 0 Å². The summed E-state index contributed by atoms with van der Waals surface area (Å²) in [6.07, 6.45) is -0.143. The maximum atomic E-state index is 12.7. The van der Waals surface area contributed by atoms with Crippen LogP contribution in [0.4, 0.5) is 0 Å². The Kier molecular flexibility index (Phi) is 3.72. The first kappa shape index (κ1) is 13.8. The first-order valence-corrected chi connectivity index (χ1v) is 6.92. The van der Waals surface area contributed by atoms with Gasteiger partial charge in [-0.1, -0.05) is 18.2 Å². The molecule has 1 saturated heterocycles. The molecule has 1 aromatic heterocycles. The van der Waals surface area contributed by atoms with Crippen LogP contribution in [0.15, 0.2) is 35.1 Å². The minimum absolute atomic E-state index is 0.143. The van der Waals surface area contributed by atoms with Crippen LogP contribution in [0.25, 0.3) is 10.9 Å². The third-order valence-electron chi connectivity index (χ3n) is 3.67. The first-order valence-electron chi connectivity index (χ1n) is 6.92. The number of nitrogens with zero attached hydrogens (tertiary/aromatic N) is 1. The highest BCUT2D eigenvalue weighted by molar-refractivity contribution is 6.05. The van der Waals surface area contributed by atoms with E-state index in [9.17, 15) is 9.59 Å². The average molecular weight is 287 g/mol. The fourth-order valence-corrected chi connectivity index (χ4v) is 2.60. The number of carbonyl (C=O) groups excluding carboxylic acids is 1. The standard InChI is InChI=1S/C15H17N3O3/c16-8-10-9-18(5-6-21-10)15(20)12-7-14(19)17-13-4-2-1-3-11(12)13/h1-4,7,10H,5-6,8-9,16H2,(H,17,19). The summed E-state index contributed by atoms with van der Waals surface area (Å²) in [5.74, 6) is -0.154. The van der Waals surface area contributed by atoms with Crippen LogP contribution in [0.3, 0.4) is 0 Å². The lowest BCUT2D eigenvalue weighted by Gasteiger charge is -2.32. The summed E-state index contributed by atoms with van der Waals surface area (Å²) in [7, 11) is 0. The highest BCUT2D eigenvalue weighted by atomic mass is 16.5. The minimum Gasteiger partial charge on any atom is -0.373 e. The number of rotatable bonds is 2. The number of carbonyl (C=O) groups is 1. The van der Waals surface area contributed by atoms with Crippen LogP contribution in [0.1, 0.15) is 10.4 Å². The second kappa shape index (κ2) is 5.67. The number of para-hydroxylation sites is 1. The van der Waals surface area contributed by atoms with E-state index in [1.807, 2.05) is 18.2 Å². The molecular formula is C15H17N3O3. The number of pyridine rings is 1. The Morgan fingerprint density at radius 2 is 2.24 bits per heavy atom. The Morgan fingerprint density at radius 3 is 3.05 bits per heavy atom. The number of nitrogens with two attached hydrogens (primary N) is 1. The molecule has 2 aromatic rings. The fraction of sp³-hybridized carbons (Fsp3) is 0.333. The van der Waals surface area contributed by atoms with Gasteiger partial charge >= 0.3 is 0 Å². The number of benzene rings is 1. The van der Waals surface area contributed by atoms with Crippen molar-refractivity contribution < 1.29 is 9.53 Å². The number of amides is 1. The van der Waals surface area contributed by atoms with Gasteiger partial charge in [-0.3, -0.25) is 9.59 Å². The maximum absolute atomic E-state index is 12.7. The molecule has 1 unspecified atom stereocenters. The molecule has 1 fully saturated rings. The SMILES string of the molecule is NCC1CN(C(=O)c2cc(=O)[nH]c3ccccc23)CCO1. The van der Waals surface area contributed by atoms with E-state index in [0.29, 0.717) is 37.3 Å². The summed E-state index contributed by atoms with van der Waals surface area (Å²) in [5.41, 5.74) is 6.41. The third-order valence-corrected chi connectivity index (χ3v) is 3.67. The molecule has 3 rings (SSSR count). The van der Waals surface area contributed by atoms with Gasteiger partial charge in [0.05, 0.1) is 18.3 Å². The van der Waals surface area contributed by atoms with Crippen LogP contribution in [0, 0.1) is 0 Å². The number of nitrogens with one attached hydrogen (secondary N) is 1. The molecule has 0 spiro atoms. The van der Waals surface area contributed by atoms with Gasteiger partial charge in [-0.25, -0.2) is 0 Å². The molecule has 1 aliphatic heterocycles. The predicted molar refractivity (Wildman–Crippen MR) is 79.3 cm³/mol. The molecule has 1 aliphatic rings. The summed E-state index contributed by atoms with van der Waals surface area (Å²) < 4.78 is 5.47. The highest BCUT2D eigenvalue weighted by Gasteiger charge is 2.25. The molecule has 1 amide bonds. The van der Waals surface area contributed by atoms with E-state index in [2.05, 4.69) is 4.98 Å². The van der Waals surface area contributed by atoms with Gasteiger partial charge in [-0.2, -0.15) is 0 Å². The lowest BCUT2D eigenvalue weighted by atomic mass is 10.1. The summed E-state index contributed by atoms with van der Waals surface area (Å²) in [4.78, 5) is 28.9. The van der Waals surface area contributed by atoms with Gasteiger partial charge in [0, 0.05) is 36.6 Å². The third kappa shape index (κ3) is 2.68. The first-order chi connectivity index (χ1) is 10.2. The number of hydrogen-bond acceptors (Lipinski definition) is 4. The molecule has 1 aromatic carbocycles. The molecule has 21 heavy (non-hydrogen) atoms. The smallest absolute Gasteiger partial charge is 0.254 e. The molecule has 110 valence electrons. The minimum atomic E-state index is -0.277. The zero-order valence-corrected chi connectivity index (χ0v) is 11.5. The topological polar surface area (TPSA) is 88.4 Å². The van der Waals surface area contributed by atoms with Crippen molar-refractivity contribution in [3.05, 3.63) is 46.2 Å². The molecule has 0 saturated carbocycles. The lowest BCUT2D eigenvalue weighted by molar-refractivity contribution is -0.0166. The summed E-state index contributed by atoms with van der Waals surface area (Å²) in [6, 6.07) is 8.65. The fourth-order valence-electron chi connectivity index (χ4n) is 2.60. The number of morpholine rings is 1. The van der Waals surface area contributed by atoms with E-state index in [-0.39, 0.29) is 17.6 Å². The molecule has 0 aliphatic carbocycles. The average Bonchev–Trinajstić information content (AvgIpc) is 2.53. The van der Waals surface area contributed by atoms with Gasteiger partial charge in [0.2, 0.25) is 5.56 Å². The van der Waals surface area contributed by atoms with Crippen molar-refractivity contribution in [2.24, 2.45) is 5.73 Å². The van der Waals surface area contributed by atoms with E-state index in [4.69, 9.17) is 10.5 Å².